The first-order valence-corrected chi connectivity index (χ1v) is 12.2. The zero-order valence-corrected chi connectivity index (χ0v) is 21.0. The van der Waals surface area contributed by atoms with E-state index in [0.717, 1.165) is 11.1 Å². The number of cyclic esters (lactones) is 1. The molecule has 2 aliphatic carbocycles. The van der Waals surface area contributed by atoms with Crippen LogP contribution < -0.4 is 0 Å². The van der Waals surface area contributed by atoms with E-state index in [2.05, 4.69) is 13.5 Å². The summed E-state index contributed by atoms with van der Waals surface area (Å²) < 4.78 is 23.0. The zero-order chi connectivity index (χ0) is 25.6. The number of fused-ring (bicyclic) bond motifs is 3. The summed E-state index contributed by atoms with van der Waals surface area (Å²) in [5.74, 6) is -2.20. The van der Waals surface area contributed by atoms with Crippen molar-refractivity contribution in [3.05, 3.63) is 36.3 Å². The van der Waals surface area contributed by atoms with Gasteiger partial charge in [0.05, 0.1) is 32.2 Å². The fourth-order valence-corrected chi connectivity index (χ4v) is 8.08. The fraction of sp³-hybridized carbons (Fsp3) is 0.667. The van der Waals surface area contributed by atoms with Crippen molar-refractivity contribution >= 4 is 17.7 Å². The minimum Gasteiger partial charge on any atom is -0.472 e. The van der Waals surface area contributed by atoms with Gasteiger partial charge in [-0.05, 0) is 30.4 Å². The molecule has 1 spiro atoms. The molecular formula is C27H34O8. The third kappa shape index (κ3) is 2.90. The van der Waals surface area contributed by atoms with E-state index in [1.807, 2.05) is 6.92 Å². The van der Waals surface area contributed by atoms with E-state index < -0.39 is 58.0 Å². The molecule has 1 unspecified atom stereocenters. The van der Waals surface area contributed by atoms with Crippen molar-refractivity contribution in [3.63, 3.8) is 0 Å². The summed E-state index contributed by atoms with van der Waals surface area (Å²) in [6.45, 7) is 12.1. The summed E-state index contributed by atoms with van der Waals surface area (Å²) in [7, 11) is 1.23. The lowest BCUT2D eigenvalue weighted by Crippen LogP contribution is -2.74. The molecule has 1 N–H and O–H groups in total. The van der Waals surface area contributed by atoms with Crippen LogP contribution in [-0.4, -0.2) is 47.7 Å². The summed E-state index contributed by atoms with van der Waals surface area (Å²) in [6, 6.07) is 1.79. The number of Topliss-reactive ketones (excluding diaryl/α,β-unsaturated/α-hetero) is 1. The van der Waals surface area contributed by atoms with Crippen LogP contribution in [0.1, 0.15) is 65.0 Å². The van der Waals surface area contributed by atoms with Gasteiger partial charge < -0.3 is 23.7 Å². The Morgan fingerprint density at radius 3 is 2.60 bits per heavy atom. The van der Waals surface area contributed by atoms with Gasteiger partial charge in [-0.2, -0.15) is 0 Å². The second kappa shape index (κ2) is 7.53. The molecular weight excluding hydrogens is 452 g/mol. The van der Waals surface area contributed by atoms with Crippen LogP contribution in [0.15, 0.2) is 35.2 Å². The van der Waals surface area contributed by atoms with E-state index in [1.165, 1.54) is 7.11 Å². The number of methoxy groups -OCH3 is 1. The van der Waals surface area contributed by atoms with Crippen molar-refractivity contribution in [2.75, 3.05) is 7.11 Å². The van der Waals surface area contributed by atoms with Gasteiger partial charge in [0, 0.05) is 34.1 Å². The van der Waals surface area contributed by atoms with E-state index in [4.69, 9.17) is 18.6 Å². The number of carbonyl (C=O) groups excluding carboxylic acids is 3. The molecule has 8 heteroatoms. The van der Waals surface area contributed by atoms with Crippen LogP contribution in [0, 0.1) is 28.1 Å². The number of esters is 2. The number of hydrogen-bond acceptors (Lipinski definition) is 8. The molecule has 190 valence electrons. The van der Waals surface area contributed by atoms with Gasteiger partial charge in [-0.15, -0.1) is 0 Å². The van der Waals surface area contributed by atoms with Gasteiger partial charge in [0.25, 0.3) is 0 Å². The molecule has 2 saturated carbocycles. The highest BCUT2D eigenvalue weighted by Crippen LogP contribution is 2.71. The van der Waals surface area contributed by atoms with Gasteiger partial charge in [-0.25, -0.2) is 4.79 Å². The number of carbonyl (C=O) groups is 3. The highest BCUT2D eigenvalue weighted by Gasteiger charge is 2.74. The monoisotopic (exact) mass is 486 g/mol. The number of aliphatic hydroxyl groups is 1. The van der Waals surface area contributed by atoms with E-state index >= 15 is 0 Å². The van der Waals surface area contributed by atoms with E-state index in [0.29, 0.717) is 12.8 Å². The summed E-state index contributed by atoms with van der Waals surface area (Å²) in [5.41, 5.74) is -1.92. The normalized spacial score (nSPS) is 43.0. The highest BCUT2D eigenvalue weighted by atomic mass is 16.6. The molecule has 0 radical (unpaired) electrons. The summed E-state index contributed by atoms with van der Waals surface area (Å²) in [4.78, 5) is 39.0. The summed E-state index contributed by atoms with van der Waals surface area (Å²) in [6.07, 6.45) is 1.91. The molecule has 4 aliphatic rings. The zero-order valence-electron chi connectivity index (χ0n) is 21.0. The fourth-order valence-electron chi connectivity index (χ4n) is 8.08. The number of ether oxygens (including phenoxy) is 3. The second-order valence-corrected chi connectivity index (χ2v) is 11.7. The quantitative estimate of drug-likeness (QED) is 0.510. The first-order chi connectivity index (χ1) is 16.3. The maximum absolute atomic E-state index is 13.4. The lowest BCUT2D eigenvalue weighted by molar-refractivity contribution is -0.303. The van der Waals surface area contributed by atoms with Crippen molar-refractivity contribution in [1.29, 1.82) is 0 Å². The van der Waals surface area contributed by atoms with Crippen molar-refractivity contribution in [1.82, 2.24) is 0 Å². The molecule has 2 aliphatic heterocycles. The second-order valence-electron chi connectivity index (χ2n) is 11.7. The molecule has 2 saturated heterocycles. The van der Waals surface area contributed by atoms with Crippen molar-refractivity contribution < 1.29 is 38.1 Å². The Bertz CT molecular complexity index is 1090. The lowest BCUT2D eigenvalue weighted by Gasteiger charge is -2.70. The molecule has 0 amide bonds. The number of aliphatic hydroxyl groups excluding tert-OH is 1. The minimum atomic E-state index is -1.50. The third-order valence-corrected chi connectivity index (χ3v) is 9.96. The van der Waals surface area contributed by atoms with Crippen LogP contribution in [0.25, 0.3) is 0 Å². The van der Waals surface area contributed by atoms with Gasteiger partial charge in [-0.1, -0.05) is 34.3 Å². The van der Waals surface area contributed by atoms with Crippen molar-refractivity contribution in [2.45, 2.75) is 77.3 Å². The maximum Gasteiger partial charge on any atom is 0.335 e. The smallest absolute Gasteiger partial charge is 0.335 e. The van der Waals surface area contributed by atoms with Gasteiger partial charge >= 0.3 is 11.9 Å². The van der Waals surface area contributed by atoms with E-state index in [9.17, 15) is 19.5 Å². The lowest BCUT2D eigenvalue weighted by atomic mass is 9.41. The van der Waals surface area contributed by atoms with Crippen LogP contribution in [0.4, 0.5) is 0 Å². The van der Waals surface area contributed by atoms with Crippen LogP contribution in [-0.2, 0) is 28.6 Å². The average Bonchev–Trinajstić information content (AvgIpc) is 3.32. The van der Waals surface area contributed by atoms with Crippen molar-refractivity contribution in [3.8, 4) is 0 Å². The predicted molar refractivity (Wildman–Crippen MR) is 123 cm³/mol. The topological polar surface area (TPSA) is 112 Å². The summed E-state index contributed by atoms with van der Waals surface area (Å²) in [5, 5.41) is 11.2. The molecule has 0 aromatic carbocycles. The van der Waals surface area contributed by atoms with Crippen molar-refractivity contribution in [2.24, 2.45) is 28.1 Å². The SMILES string of the molecule is C=C1[C@@H]2CC[C@@]3(C)[C@H](c4ccoc4)OC(=O)C[C@]13O[C@H]1CC(=O)C(C)(C)[C@H](C(O)C(=O)OC)[C@]12C. The Hall–Kier alpha value is -2.45. The molecule has 2 bridgehead atoms. The van der Waals surface area contributed by atoms with Crippen LogP contribution in [0.5, 0.6) is 0 Å². The summed E-state index contributed by atoms with van der Waals surface area (Å²) >= 11 is 0. The van der Waals surface area contributed by atoms with Gasteiger partial charge in [-0.3, -0.25) is 9.59 Å². The largest absolute Gasteiger partial charge is 0.472 e. The Morgan fingerprint density at radius 1 is 1.26 bits per heavy atom. The molecule has 1 aromatic rings. The number of furan rings is 1. The number of rotatable bonds is 3. The van der Waals surface area contributed by atoms with Crippen LogP contribution in [0.3, 0.4) is 0 Å². The van der Waals surface area contributed by atoms with Gasteiger partial charge in [0.1, 0.15) is 17.5 Å². The molecule has 1 aromatic heterocycles. The molecule has 35 heavy (non-hydrogen) atoms. The first-order valence-electron chi connectivity index (χ1n) is 12.2. The first kappa shape index (κ1) is 24.3. The Morgan fingerprint density at radius 2 is 1.97 bits per heavy atom. The number of hydrogen-bond donors (Lipinski definition) is 1. The standard InChI is InChI=1S/C27H34O8/c1-14-16-7-9-25(4)22(15-8-10-33-13-15)34-19(29)12-27(14,25)35-18-11-17(28)24(2,3)21(26(16,18)5)20(30)23(31)32-6/h8,10,13,16,18,20-22,30H,1,7,9,11-12H2,2-6H3/t16-,18-,20?,21-,22-,25-,26-,27-/m0/s1. The Balaban J connectivity index is 1.65. The average molecular weight is 487 g/mol. The third-order valence-electron chi connectivity index (χ3n) is 9.96. The Kier molecular flexibility index (Phi) is 5.22. The predicted octanol–water partition coefficient (Wildman–Crippen LogP) is 3.53. The van der Waals surface area contributed by atoms with E-state index in [-0.39, 0.29) is 24.5 Å². The maximum atomic E-state index is 13.4. The van der Waals surface area contributed by atoms with Crippen LogP contribution >= 0.6 is 0 Å². The number of ketones is 1. The minimum absolute atomic E-state index is 0.00156. The molecule has 4 fully saturated rings. The molecule has 8 atom stereocenters. The molecule has 8 nitrogen and oxygen atoms in total. The highest BCUT2D eigenvalue weighted by molar-refractivity contribution is 5.88. The van der Waals surface area contributed by atoms with Gasteiger partial charge in [0.2, 0.25) is 0 Å². The molecule has 5 rings (SSSR count). The Labute approximate surface area is 205 Å². The van der Waals surface area contributed by atoms with Crippen LogP contribution in [0.2, 0.25) is 0 Å². The van der Waals surface area contributed by atoms with E-state index in [1.54, 1.807) is 32.4 Å². The van der Waals surface area contributed by atoms with Gasteiger partial charge in [0.15, 0.2) is 6.10 Å². The molecule has 3 heterocycles.